The summed E-state index contributed by atoms with van der Waals surface area (Å²) in [5.41, 5.74) is 0.152. The molecule has 1 aromatic heterocycles. The van der Waals surface area contributed by atoms with Crippen LogP contribution in [0.4, 0.5) is 17.1 Å². The summed E-state index contributed by atoms with van der Waals surface area (Å²) in [4.78, 5) is 22.9. The fourth-order valence-electron chi connectivity index (χ4n) is 2.42. The Bertz CT molecular complexity index is 1020. The molecule has 0 aliphatic carbocycles. The topological polar surface area (TPSA) is 143 Å². The maximum atomic E-state index is 12.6. The van der Waals surface area contributed by atoms with E-state index in [-0.39, 0.29) is 35.7 Å². The molecule has 2 aromatic rings. The first-order chi connectivity index (χ1) is 12.8. The van der Waals surface area contributed by atoms with Gasteiger partial charge < -0.3 is 9.84 Å². The van der Waals surface area contributed by atoms with Gasteiger partial charge in [-0.25, -0.2) is 0 Å². The van der Waals surface area contributed by atoms with Gasteiger partial charge in [-0.15, -0.1) is 5.11 Å². The van der Waals surface area contributed by atoms with Crippen molar-refractivity contribution in [2.45, 2.75) is 20.4 Å². The van der Waals surface area contributed by atoms with Crippen molar-refractivity contribution in [3.05, 3.63) is 55.4 Å². The summed E-state index contributed by atoms with van der Waals surface area (Å²) in [5.74, 6) is -0.456. The van der Waals surface area contributed by atoms with E-state index in [1.54, 1.807) is 6.92 Å². The van der Waals surface area contributed by atoms with Crippen LogP contribution in [0.15, 0.2) is 33.2 Å². The lowest BCUT2D eigenvalue weighted by Crippen LogP contribution is -2.23. The molecule has 1 aromatic carbocycles. The van der Waals surface area contributed by atoms with Crippen molar-refractivity contribution in [1.82, 2.24) is 4.57 Å². The van der Waals surface area contributed by atoms with Gasteiger partial charge in [0.25, 0.3) is 11.2 Å². The number of methoxy groups -OCH3 is 1. The zero-order valence-corrected chi connectivity index (χ0v) is 15.0. The molecule has 0 saturated carbocycles. The fourth-order valence-corrected chi connectivity index (χ4v) is 2.42. The predicted molar refractivity (Wildman–Crippen MR) is 95.7 cm³/mol. The van der Waals surface area contributed by atoms with Crippen LogP contribution in [0.3, 0.4) is 0 Å². The molecule has 0 saturated heterocycles. The van der Waals surface area contributed by atoms with Crippen molar-refractivity contribution in [2.75, 3.05) is 13.7 Å². The van der Waals surface area contributed by atoms with E-state index in [1.165, 1.54) is 32.2 Å². The van der Waals surface area contributed by atoms with Crippen molar-refractivity contribution in [2.24, 2.45) is 10.2 Å². The summed E-state index contributed by atoms with van der Waals surface area (Å²) < 4.78 is 5.90. The number of nitrogens with zero attached hydrogens (tertiary/aromatic N) is 5. The zero-order chi connectivity index (χ0) is 20.1. The highest BCUT2D eigenvalue weighted by Crippen LogP contribution is 2.28. The Kier molecular flexibility index (Phi) is 5.99. The SMILES string of the molecule is COCCn1c(O)c(C#N)c(C)c(N=Nc2ccc([N+](=O)[O-])cc2C)c1=O. The number of aryl methyl sites for hydroxylation is 1. The number of nitriles is 1. The Balaban J connectivity index is 2.56. The molecule has 0 atom stereocenters. The first kappa shape index (κ1) is 19.7. The summed E-state index contributed by atoms with van der Waals surface area (Å²) in [6.07, 6.45) is 0. The molecule has 27 heavy (non-hydrogen) atoms. The van der Waals surface area contributed by atoms with Gasteiger partial charge in [0.15, 0.2) is 5.69 Å². The highest BCUT2D eigenvalue weighted by atomic mass is 16.6. The standard InChI is InChI=1S/C17H17N5O5/c1-10-8-12(22(25)26)4-5-14(10)19-20-15-11(2)13(9-18)16(23)21(17(15)24)6-7-27-3/h4-5,8,23H,6-7H2,1-3H3. The molecule has 0 aliphatic heterocycles. The number of benzene rings is 1. The number of hydrogen-bond donors (Lipinski definition) is 1. The third-order valence-electron chi connectivity index (χ3n) is 3.94. The average molecular weight is 371 g/mol. The minimum absolute atomic E-state index is 0.0369. The summed E-state index contributed by atoms with van der Waals surface area (Å²) >= 11 is 0. The molecule has 0 spiro atoms. The number of non-ortho nitro benzene ring substituents is 1. The minimum Gasteiger partial charge on any atom is -0.493 e. The Morgan fingerprint density at radius 1 is 1.37 bits per heavy atom. The van der Waals surface area contributed by atoms with E-state index in [4.69, 9.17) is 4.74 Å². The summed E-state index contributed by atoms with van der Waals surface area (Å²) in [6, 6.07) is 5.89. The Morgan fingerprint density at radius 3 is 2.63 bits per heavy atom. The average Bonchev–Trinajstić information content (AvgIpc) is 2.62. The van der Waals surface area contributed by atoms with E-state index >= 15 is 0 Å². The predicted octanol–water partition coefficient (Wildman–Crippen LogP) is 3.01. The van der Waals surface area contributed by atoms with Crippen molar-refractivity contribution in [3.63, 3.8) is 0 Å². The Labute approximate surface area is 154 Å². The van der Waals surface area contributed by atoms with Crippen LogP contribution in [0.2, 0.25) is 0 Å². The number of aromatic hydroxyl groups is 1. The van der Waals surface area contributed by atoms with Gasteiger partial charge >= 0.3 is 0 Å². The van der Waals surface area contributed by atoms with Gasteiger partial charge in [-0.3, -0.25) is 19.5 Å². The van der Waals surface area contributed by atoms with Crippen molar-refractivity contribution >= 4 is 17.1 Å². The largest absolute Gasteiger partial charge is 0.493 e. The normalized spacial score (nSPS) is 10.9. The van der Waals surface area contributed by atoms with E-state index < -0.39 is 16.4 Å². The lowest BCUT2D eigenvalue weighted by atomic mass is 10.1. The van der Waals surface area contributed by atoms with Gasteiger partial charge in [0.2, 0.25) is 5.88 Å². The first-order valence-corrected chi connectivity index (χ1v) is 7.84. The summed E-state index contributed by atoms with van der Waals surface area (Å²) in [7, 11) is 1.44. The van der Waals surface area contributed by atoms with Crippen LogP contribution < -0.4 is 5.56 Å². The number of ether oxygens (including phenoxy) is 1. The highest BCUT2D eigenvalue weighted by molar-refractivity contribution is 5.57. The molecule has 10 nitrogen and oxygen atoms in total. The molecule has 140 valence electrons. The molecule has 0 amide bonds. The summed E-state index contributed by atoms with van der Waals surface area (Å²) in [5, 5.41) is 38.2. The van der Waals surface area contributed by atoms with E-state index in [1.807, 2.05) is 6.07 Å². The first-order valence-electron chi connectivity index (χ1n) is 7.84. The van der Waals surface area contributed by atoms with Crippen LogP contribution >= 0.6 is 0 Å². The maximum Gasteiger partial charge on any atom is 0.281 e. The van der Waals surface area contributed by atoms with E-state index in [2.05, 4.69) is 10.2 Å². The van der Waals surface area contributed by atoms with Gasteiger partial charge in [-0.1, -0.05) is 0 Å². The number of rotatable bonds is 6. The lowest BCUT2D eigenvalue weighted by Gasteiger charge is -2.12. The summed E-state index contributed by atoms with van der Waals surface area (Å²) in [6.45, 7) is 3.30. The third kappa shape index (κ3) is 3.99. The number of azo groups is 1. The van der Waals surface area contributed by atoms with Crippen LogP contribution in [-0.4, -0.2) is 28.3 Å². The van der Waals surface area contributed by atoms with E-state index in [0.717, 1.165) is 4.57 Å². The van der Waals surface area contributed by atoms with Crippen LogP contribution in [-0.2, 0) is 11.3 Å². The van der Waals surface area contributed by atoms with Crippen LogP contribution in [0.5, 0.6) is 5.88 Å². The molecule has 1 heterocycles. The molecule has 0 bridgehead atoms. The van der Waals surface area contributed by atoms with Crippen LogP contribution in [0, 0.1) is 35.3 Å². The molecule has 0 unspecified atom stereocenters. The molecule has 2 rings (SSSR count). The Hall–Kier alpha value is -3.58. The molecule has 0 radical (unpaired) electrons. The molecule has 10 heteroatoms. The van der Waals surface area contributed by atoms with Gasteiger partial charge in [-0.05, 0) is 25.5 Å². The van der Waals surface area contributed by atoms with Crippen molar-refractivity contribution in [3.8, 4) is 11.9 Å². The minimum atomic E-state index is -0.621. The van der Waals surface area contributed by atoms with Gasteiger partial charge in [0, 0.05) is 24.8 Å². The van der Waals surface area contributed by atoms with Crippen molar-refractivity contribution in [1.29, 1.82) is 5.26 Å². The highest BCUT2D eigenvalue weighted by Gasteiger charge is 2.19. The molecular weight excluding hydrogens is 354 g/mol. The second-order valence-electron chi connectivity index (χ2n) is 5.66. The number of nitro benzene ring substituents is 1. The fraction of sp³-hybridized carbons (Fsp3) is 0.294. The second kappa shape index (κ2) is 8.20. The van der Waals surface area contributed by atoms with Crippen LogP contribution in [0.25, 0.3) is 0 Å². The van der Waals surface area contributed by atoms with E-state index in [9.17, 15) is 25.3 Å². The quantitative estimate of drug-likeness (QED) is 0.469. The van der Waals surface area contributed by atoms with Crippen LogP contribution in [0.1, 0.15) is 16.7 Å². The third-order valence-corrected chi connectivity index (χ3v) is 3.94. The number of aromatic nitrogens is 1. The van der Waals surface area contributed by atoms with Gasteiger partial charge in [-0.2, -0.15) is 10.4 Å². The second-order valence-corrected chi connectivity index (χ2v) is 5.66. The lowest BCUT2D eigenvalue weighted by molar-refractivity contribution is -0.384. The number of pyridine rings is 1. The van der Waals surface area contributed by atoms with Gasteiger partial charge in [0.1, 0.15) is 11.6 Å². The maximum absolute atomic E-state index is 12.6. The Morgan fingerprint density at radius 2 is 2.07 bits per heavy atom. The molecule has 1 N–H and O–H groups in total. The zero-order valence-electron chi connectivity index (χ0n) is 15.0. The van der Waals surface area contributed by atoms with Gasteiger partial charge in [0.05, 0.1) is 23.8 Å². The molecular formula is C17H17N5O5. The van der Waals surface area contributed by atoms with E-state index in [0.29, 0.717) is 11.3 Å². The monoisotopic (exact) mass is 371 g/mol. The molecule has 0 aliphatic rings. The molecule has 0 fully saturated rings. The van der Waals surface area contributed by atoms with Crippen molar-refractivity contribution < 1.29 is 14.8 Å². The number of hydrogen-bond acceptors (Lipinski definition) is 8. The number of nitro groups is 1. The smallest absolute Gasteiger partial charge is 0.281 e.